The Balaban J connectivity index is 1.59. The highest BCUT2D eigenvalue weighted by Crippen LogP contribution is 2.31. The first-order valence-electron chi connectivity index (χ1n) is 9.05. The topological polar surface area (TPSA) is 57.7 Å². The normalized spacial score (nSPS) is 16.6. The number of anilines is 1. The lowest BCUT2D eigenvalue weighted by atomic mass is 9.99. The van der Waals surface area contributed by atoms with E-state index in [1.807, 2.05) is 18.2 Å². The Kier molecular flexibility index (Phi) is 4.40. The SMILES string of the molecule is CCc1ccc(-n2nc(C#N)c(N3CC[C@H](c4ccccc4)C3)n2)cc1. The van der Waals surface area contributed by atoms with Crippen LogP contribution in [0.3, 0.4) is 0 Å². The Morgan fingerprint density at radius 2 is 1.85 bits per heavy atom. The fourth-order valence-electron chi connectivity index (χ4n) is 3.51. The van der Waals surface area contributed by atoms with Crippen LogP contribution >= 0.6 is 0 Å². The van der Waals surface area contributed by atoms with Crippen molar-refractivity contribution < 1.29 is 0 Å². The molecule has 1 fully saturated rings. The second kappa shape index (κ2) is 7.01. The van der Waals surface area contributed by atoms with Gasteiger partial charge in [0.1, 0.15) is 6.07 Å². The molecule has 1 aliphatic heterocycles. The molecule has 1 aromatic heterocycles. The second-order valence-corrected chi connectivity index (χ2v) is 6.64. The molecule has 0 N–H and O–H groups in total. The third-order valence-corrected chi connectivity index (χ3v) is 5.04. The van der Waals surface area contributed by atoms with Crippen LogP contribution < -0.4 is 4.90 Å². The first-order valence-corrected chi connectivity index (χ1v) is 9.05. The number of aryl methyl sites for hydroxylation is 1. The number of rotatable bonds is 4. The smallest absolute Gasteiger partial charge is 0.207 e. The van der Waals surface area contributed by atoms with Crippen molar-refractivity contribution in [1.82, 2.24) is 15.0 Å². The van der Waals surface area contributed by atoms with Gasteiger partial charge in [-0.25, -0.2) is 0 Å². The Morgan fingerprint density at radius 1 is 1.08 bits per heavy atom. The first kappa shape index (κ1) is 16.3. The molecule has 3 aromatic rings. The Hall–Kier alpha value is -3.13. The van der Waals surface area contributed by atoms with Gasteiger partial charge in [0.25, 0.3) is 0 Å². The summed E-state index contributed by atoms with van der Waals surface area (Å²) in [7, 11) is 0. The fraction of sp³-hybridized carbons (Fsp3) is 0.286. The zero-order valence-electron chi connectivity index (χ0n) is 14.8. The number of hydrogen-bond acceptors (Lipinski definition) is 4. The average Bonchev–Trinajstić information content (AvgIpc) is 3.35. The lowest BCUT2D eigenvalue weighted by Crippen LogP contribution is -2.20. The van der Waals surface area contributed by atoms with Crippen LogP contribution in [0.2, 0.25) is 0 Å². The van der Waals surface area contributed by atoms with E-state index in [4.69, 9.17) is 0 Å². The largest absolute Gasteiger partial charge is 0.352 e. The van der Waals surface area contributed by atoms with Gasteiger partial charge >= 0.3 is 0 Å². The molecule has 2 heterocycles. The zero-order valence-corrected chi connectivity index (χ0v) is 14.8. The summed E-state index contributed by atoms with van der Waals surface area (Å²) >= 11 is 0. The van der Waals surface area contributed by atoms with Crippen molar-refractivity contribution in [3.05, 3.63) is 71.4 Å². The lowest BCUT2D eigenvalue weighted by Gasteiger charge is -2.15. The number of nitriles is 1. The number of benzene rings is 2. The minimum Gasteiger partial charge on any atom is -0.352 e. The first-order chi connectivity index (χ1) is 12.8. The summed E-state index contributed by atoms with van der Waals surface area (Å²) in [5.74, 6) is 1.15. The Bertz CT molecular complexity index is 921. The number of nitrogens with zero attached hydrogens (tertiary/aromatic N) is 5. The van der Waals surface area contributed by atoms with Gasteiger partial charge in [-0.05, 0) is 36.1 Å². The van der Waals surface area contributed by atoms with E-state index in [0.29, 0.717) is 17.4 Å². The lowest BCUT2D eigenvalue weighted by molar-refractivity contribution is 0.740. The summed E-state index contributed by atoms with van der Waals surface area (Å²) in [6.45, 7) is 3.89. The van der Waals surface area contributed by atoms with Gasteiger partial charge < -0.3 is 4.90 Å². The molecule has 1 saturated heterocycles. The molecule has 0 amide bonds. The van der Waals surface area contributed by atoms with E-state index >= 15 is 0 Å². The Labute approximate surface area is 153 Å². The molecule has 1 atom stereocenters. The summed E-state index contributed by atoms with van der Waals surface area (Å²) in [4.78, 5) is 3.75. The molecule has 0 radical (unpaired) electrons. The maximum absolute atomic E-state index is 9.51. The standard InChI is InChI=1S/C21H21N5/c1-2-16-8-10-19(11-9-16)26-23-20(14-22)21(24-26)25-13-12-18(15-25)17-6-4-3-5-7-17/h3-11,18H,2,12-13,15H2,1H3/t18-/m0/s1. The molecule has 26 heavy (non-hydrogen) atoms. The van der Waals surface area contributed by atoms with Crippen LogP contribution in [0.4, 0.5) is 5.82 Å². The van der Waals surface area contributed by atoms with E-state index in [1.54, 1.807) is 4.80 Å². The molecule has 5 nitrogen and oxygen atoms in total. The maximum atomic E-state index is 9.51. The average molecular weight is 343 g/mol. The van der Waals surface area contributed by atoms with Gasteiger partial charge in [0.15, 0.2) is 5.82 Å². The molecule has 0 aliphatic carbocycles. The highest BCUT2D eigenvalue weighted by molar-refractivity contribution is 5.52. The molecular weight excluding hydrogens is 322 g/mol. The minimum atomic E-state index is 0.387. The van der Waals surface area contributed by atoms with Crippen LogP contribution in [0.5, 0.6) is 0 Å². The summed E-state index contributed by atoms with van der Waals surface area (Å²) in [5.41, 5.74) is 3.88. The summed E-state index contributed by atoms with van der Waals surface area (Å²) in [5, 5.41) is 18.5. The molecule has 0 unspecified atom stereocenters. The third-order valence-electron chi connectivity index (χ3n) is 5.04. The molecule has 1 aliphatic rings. The molecule has 0 bridgehead atoms. The van der Waals surface area contributed by atoms with Crippen molar-refractivity contribution in [2.75, 3.05) is 18.0 Å². The van der Waals surface area contributed by atoms with Crippen LogP contribution in [-0.2, 0) is 6.42 Å². The van der Waals surface area contributed by atoms with Gasteiger partial charge in [-0.3, -0.25) is 0 Å². The van der Waals surface area contributed by atoms with Gasteiger partial charge in [0.05, 0.1) is 5.69 Å². The van der Waals surface area contributed by atoms with Crippen LogP contribution in [0, 0.1) is 11.3 Å². The maximum Gasteiger partial charge on any atom is 0.207 e. The summed E-state index contributed by atoms with van der Waals surface area (Å²) in [6, 6.07) is 20.9. The van der Waals surface area contributed by atoms with Crippen molar-refractivity contribution in [3.63, 3.8) is 0 Å². The fourth-order valence-corrected chi connectivity index (χ4v) is 3.51. The van der Waals surface area contributed by atoms with Crippen molar-refractivity contribution >= 4 is 5.82 Å². The monoisotopic (exact) mass is 343 g/mol. The predicted molar refractivity (Wildman–Crippen MR) is 101 cm³/mol. The molecular formula is C21H21N5. The van der Waals surface area contributed by atoms with Gasteiger partial charge in [-0.2, -0.15) is 5.26 Å². The van der Waals surface area contributed by atoms with E-state index < -0.39 is 0 Å². The molecule has 0 spiro atoms. The molecule has 4 rings (SSSR count). The highest BCUT2D eigenvalue weighted by Gasteiger charge is 2.28. The van der Waals surface area contributed by atoms with Crippen LogP contribution in [0.15, 0.2) is 54.6 Å². The van der Waals surface area contributed by atoms with E-state index in [2.05, 4.69) is 64.5 Å². The van der Waals surface area contributed by atoms with Crippen LogP contribution in [0.1, 0.15) is 36.1 Å². The van der Waals surface area contributed by atoms with Crippen LogP contribution in [0.25, 0.3) is 5.69 Å². The van der Waals surface area contributed by atoms with Crippen molar-refractivity contribution in [3.8, 4) is 11.8 Å². The molecule has 2 aromatic carbocycles. The van der Waals surface area contributed by atoms with Gasteiger partial charge in [0.2, 0.25) is 5.69 Å². The van der Waals surface area contributed by atoms with Crippen molar-refractivity contribution in [2.24, 2.45) is 0 Å². The van der Waals surface area contributed by atoms with Crippen molar-refractivity contribution in [1.29, 1.82) is 5.26 Å². The third kappa shape index (κ3) is 3.06. The summed E-state index contributed by atoms with van der Waals surface area (Å²) in [6.07, 6.45) is 2.06. The van der Waals surface area contributed by atoms with Crippen LogP contribution in [-0.4, -0.2) is 28.1 Å². The highest BCUT2D eigenvalue weighted by atomic mass is 15.5. The molecule has 130 valence electrons. The predicted octanol–water partition coefficient (Wildman–Crippen LogP) is 3.70. The van der Waals surface area contributed by atoms with Gasteiger partial charge in [-0.15, -0.1) is 15.0 Å². The number of aromatic nitrogens is 3. The summed E-state index contributed by atoms with van der Waals surface area (Å²) < 4.78 is 0. The number of hydrogen-bond donors (Lipinski definition) is 0. The van der Waals surface area contributed by atoms with E-state index in [0.717, 1.165) is 31.6 Å². The zero-order chi connectivity index (χ0) is 17.9. The van der Waals surface area contributed by atoms with Gasteiger partial charge in [0, 0.05) is 19.0 Å². The van der Waals surface area contributed by atoms with E-state index in [-0.39, 0.29) is 0 Å². The van der Waals surface area contributed by atoms with E-state index in [9.17, 15) is 5.26 Å². The molecule has 0 saturated carbocycles. The minimum absolute atomic E-state index is 0.387. The second-order valence-electron chi connectivity index (χ2n) is 6.64. The van der Waals surface area contributed by atoms with Gasteiger partial charge in [-0.1, -0.05) is 49.4 Å². The van der Waals surface area contributed by atoms with Crippen molar-refractivity contribution in [2.45, 2.75) is 25.7 Å². The quantitative estimate of drug-likeness (QED) is 0.725. The molecule has 5 heteroatoms. The Morgan fingerprint density at radius 3 is 2.54 bits per heavy atom. The van der Waals surface area contributed by atoms with E-state index in [1.165, 1.54) is 11.1 Å².